The van der Waals surface area contributed by atoms with Crippen molar-refractivity contribution in [2.24, 2.45) is 7.05 Å². The number of halogens is 3. The van der Waals surface area contributed by atoms with Crippen molar-refractivity contribution in [3.05, 3.63) is 61.3 Å². The van der Waals surface area contributed by atoms with Gasteiger partial charge in [-0.15, -0.1) is 0 Å². The van der Waals surface area contributed by atoms with Crippen LogP contribution >= 0.6 is 15.9 Å². The molecule has 0 fully saturated rings. The summed E-state index contributed by atoms with van der Waals surface area (Å²) in [5.74, 6) is -0.582. The van der Waals surface area contributed by atoms with Crippen LogP contribution in [0.3, 0.4) is 0 Å². The van der Waals surface area contributed by atoms with E-state index < -0.39 is 23.8 Å². The summed E-state index contributed by atoms with van der Waals surface area (Å²) >= 11 is 3.21. The quantitative estimate of drug-likeness (QED) is 0.765. The minimum Gasteiger partial charge on any atom is -0.434 e. The van der Waals surface area contributed by atoms with E-state index in [1.165, 1.54) is 31.4 Å². The first-order chi connectivity index (χ1) is 11.8. The first-order valence-corrected chi connectivity index (χ1v) is 7.83. The third-order valence-corrected chi connectivity index (χ3v) is 3.78. The minimum atomic E-state index is -2.99. The van der Waals surface area contributed by atoms with Crippen molar-refractivity contribution >= 4 is 21.8 Å². The molecule has 2 aromatic rings. The Balaban J connectivity index is 2.08. The first kappa shape index (κ1) is 18.8. The fourth-order valence-corrected chi connectivity index (χ4v) is 2.45. The zero-order valence-corrected chi connectivity index (χ0v) is 14.6. The Hall–Kier alpha value is -2.49. The van der Waals surface area contributed by atoms with E-state index in [0.29, 0.717) is 10.0 Å². The van der Waals surface area contributed by atoms with E-state index in [1.807, 2.05) is 0 Å². The molecule has 0 unspecified atom stereocenters. The van der Waals surface area contributed by atoms with Crippen molar-refractivity contribution in [1.29, 1.82) is 0 Å². The standard InChI is InChI=1S/C15H14BrF2N3O4/c1-20-13(23)4-5-21(15(20)24)8-12(22)19-7-9-6-10(16)2-3-11(9)25-14(17)18/h2-6,14H,7-8H2,1H3,(H,19,22). The maximum absolute atomic E-state index is 12.4. The lowest BCUT2D eigenvalue weighted by Gasteiger charge is -2.12. The number of hydrogen-bond acceptors (Lipinski definition) is 4. The largest absolute Gasteiger partial charge is 0.434 e. The van der Waals surface area contributed by atoms with Gasteiger partial charge in [-0.2, -0.15) is 8.78 Å². The summed E-state index contributed by atoms with van der Waals surface area (Å²) in [5.41, 5.74) is -0.771. The van der Waals surface area contributed by atoms with Crippen molar-refractivity contribution in [2.45, 2.75) is 19.7 Å². The van der Waals surface area contributed by atoms with Gasteiger partial charge in [0.1, 0.15) is 12.3 Å². The molecular weight excluding hydrogens is 404 g/mol. The number of aromatic nitrogens is 2. The molecule has 0 spiro atoms. The second-order valence-electron chi connectivity index (χ2n) is 5.03. The van der Waals surface area contributed by atoms with Gasteiger partial charge in [-0.3, -0.25) is 18.7 Å². The summed E-state index contributed by atoms with van der Waals surface area (Å²) in [6.45, 7) is -3.37. The van der Waals surface area contributed by atoms with Crippen molar-refractivity contribution < 1.29 is 18.3 Å². The van der Waals surface area contributed by atoms with Gasteiger partial charge in [0.15, 0.2) is 0 Å². The van der Waals surface area contributed by atoms with Crippen LogP contribution in [0.15, 0.2) is 44.5 Å². The molecule has 7 nitrogen and oxygen atoms in total. The first-order valence-electron chi connectivity index (χ1n) is 7.04. The summed E-state index contributed by atoms with van der Waals surface area (Å²) in [4.78, 5) is 35.2. The lowest BCUT2D eigenvalue weighted by molar-refractivity contribution is -0.121. The molecule has 1 aromatic carbocycles. The van der Waals surface area contributed by atoms with E-state index in [-0.39, 0.29) is 18.8 Å². The average molecular weight is 418 g/mol. The lowest BCUT2D eigenvalue weighted by Crippen LogP contribution is -2.40. The topological polar surface area (TPSA) is 82.3 Å². The number of alkyl halides is 2. The van der Waals surface area contributed by atoms with Crippen LogP contribution in [0.4, 0.5) is 8.78 Å². The monoisotopic (exact) mass is 417 g/mol. The van der Waals surface area contributed by atoms with Gasteiger partial charge >= 0.3 is 12.3 Å². The molecular formula is C15H14BrF2N3O4. The van der Waals surface area contributed by atoms with Gasteiger partial charge in [-0.25, -0.2) is 4.79 Å². The molecule has 134 valence electrons. The van der Waals surface area contributed by atoms with Crippen LogP contribution in [-0.2, 0) is 24.9 Å². The van der Waals surface area contributed by atoms with Crippen LogP contribution in [0.2, 0.25) is 0 Å². The highest BCUT2D eigenvalue weighted by Crippen LogP contribution is 2.24. The highest BCUT2D eigenvalue weighted by molar-refractivity contribution is 9.10. The Bertz CT molecular complexity index is 895. The molecule has 1 aromatic heterocycles. The molecule has 0 bridgehead atoms. The zero-order chi connectivity index (χ0) is 18.6. The van der Waals surface area contributed by atoms with Crippen LogP contribution in [0.1, 0.15) is 5.56 Å². The molecule has 25 heavy (non-hydrogen) atoms. The van der Waals surface area contributed by atoms with Crippen molar-refractivity contribution in [1.82, 2.24) is 14.5 Å². The molecule has 0 radical (unpaired) electrons. The Morgan fingerprint density at radius 2 is 2.04 bits per heavy atom. The minimum absolute atomic E-state index is 0.0576. The number of carbonyl (C=O) groups is 1. The van der Waals surface area contributed by atoms with E-state index >= 15 is 0 Å². The zero-order valence-electron chi connectivity index (χ0n) is 13.0. The van der Waals surface area contributed by atoms with E-state index in [9.17, 15) is 23.2 Å². The number of nitrogens with zero attached hydrogens (tertiary/aromatic N) is 2. The highest BCUT2D eigenvalue weighted by atomic mass is 79.9. The summed E-state index contributed by atoms with van der Waals surface area (Å²) in [7, 11) is 1.30. The van der Waals surface area contributed by atoms with Gasteiger partial charge in [0, 0.05) is 35.9 Å². The van der Waals surface area contributed by atoms with Crippen molar-refractivity contribution in [3.8, 4) is 5.75 Å². The predicted molar refractivity (Wildman–Crippen MR) is 88.6 cm³/mol. The molecule has 0 saturated heterocycles. The molecule has 1 N–H and O–H groups in total. The normalized spacial score (nSPS) is 10.8. The molecule has 1 heterocycles. The number of hydrogen-bond donors (Lipinski definition) is 1. The van der Waals surface area contributed by atoms with Gasteiger partial charge < -0.3 is 10.1 Å². The fraction of sp³-hybridized carbons (Fsp3) is 0.267. The number of rotatable bonds is 6. The SMILES string of the molecule is Cn1c(=O)ccn(CC(=O)NCc2cc(Br)ccc2OC(F)F)c1=O. The van der Waals surface area contributed by atoms with Crippen LogP contribution in [0.25, 0.3) is 0 Å². The maximum Gasteiger partial charge on any atom is 0.387 e. The molecule has 0 aliphatic rings. The van der Waals surface area contributed by atoms with Crippen molar-refractivity contribution in [2.75, 3.05) is 0 Å². The summed E-state index contributed by atoms with van der Waals surface area (Å²) in [6.07, 6.45) is 1.22. The molecule has 2 rings (SSSR count). The third-order valence-electron chi connectivity index (χ3n) is 3.29. The highest BCUT2D eigenvalue weighted by Gasteiger charge is 2.12. The fourth-order valence-electron chi connectivity index (χ4n) is 2.04. The Morgan fingerprint density at radius 1 is 1.32 bits per heavy atom. The number of benzene rings is 1. The summed E-state index contributed by atoms with van der Waals surface area (Å²) in [5, 5.41) is 2.52. The number of nitrogens with one attached hydrogen (secondary N) is 1. The van der Waals surface area contributed by atoms with Gasteiger partial charge in [0.25, 0.3) is 5.56 Å². The number of amides is 1. The van der Waals surface area contributed by atoms with Gasteiger partial charge in [-0.05, 0) is 18.2 Å². The Morgan fingerprint density at radius 3 is 2.72 bits per heavy atom. The van der Waals surface area contributed by atoms with E-state index in [0.717, 1.165) is 15.2 Å². The van der Waals surface area contributed by atoms with E-state index in [2.05, 4.69) is 26.0 Å². The molecule has 0 saturated carbocycles. The Labute approximate surface area is 149 Å². The van der Waals surface area contributed by atoms with Gasteiger partial charge in [-0.1, -0.05) is 15.9 Å². The molecule has 0 aliphatic carbocycles. The smallest absolute Gasteiger partial charge is 0.387 e. The lowest BCUT2D eigenvalue weighted by atomic mass is 10.2. The molecule has 0 aliphatic heterocycles. The van der Waals surface area contributed by atoms with Crippen LogP contribution in [0.5, 0.6) is 5.75 Å². The summed E-state index contributed by atoms with van der Waals surface area (Å²) < 4.78 is 31.8. The predicted octanol–water partition coefficient (Wildman–Crippen LogP) is 1.23. The van der Waals surface area contributed by atoms with Gasteiger partial charge in [0.05, 0.1) is 0 Å². The van der Waals surface area contributed by atoms with E-state index in [4.69, 9.17) is 0 Å². The summed E-state index contributed by atoms with van der Waals surface area (Å²) in [6, 6.07) is 5.59. The van der Waals surface area contributed by atoms with Crippen LogP contribution in [-0.4, -0.2) is 21.7 Å². The number of ether oxygens (including phenoxy) is 1. The number of carbonyl (C=O) groups excluding carboxylic acids is 1. The molecule has 1 amide bonds. The maximum atomic E-state index is 12.4. The second-order valence-corrected chi connectivity index (χ2v) is 5.95. The molecule has 10 heteroatoms. The average Bonchev–Trinajstić information content (AvgIpc) is 2.55. The van der Waals surface area contributed by atoms with Crippen LogP contribution in [0, 0.1) is 0 Å². The van der Waals surface area contributed by atoms with Gasteiger partial charge in [0.2, 0.25) is 5.91 Å². The van der Waals surface area contributed by atoms with E-state index in [1.54, 1.807) is 0 Å². The Kier molecular flexibility index (Phi) is 6.07. The second kappa shape index (κ2) is 8.06. The van der Waals surface area contributed by atoms with Crippen molar-refractivity contribution in [3.63, 3.8) is 0 Å². The third kappa shape index (κ3) is 4.99. The van der Waals surface area contributed by atoms with Crippen LogP contribution < -0.4 is 21.3 Å². The molecule has 0 atom stereocenters.